The maximum atomic E-state index is 12.6. The van der Waals surface area contributed by atoms with Crippen molar-refractivity contribution in [1.82, 2.24) is 10.3 Å². The highest BCUT2D eigenvalue weighted by molar-refractivity contribution is 5.89. The van der Waals surface area contributed by atoms with E-state index in [2.05, 4.69) is 27.8 Å². The standard InChI is InChI=1S/C21H27N3O3/c1-26-13-14-27-19-12-11-18(15-22-19)23-21(25)24-20(17-9-5-6-10-17)16-7-3-2-4-8-16/h2-4,7-8,11-12,15,17,20H,5-6,9-10,13-14H2,1H3,(H2,23,24,25)/t20-/m0/s1. The number of pyridine rings is 1. The van der Waals surface area contributed by atoms with Gasteiger partial charge in [0.1, 0.15) is 6.61 Å². The number of methoxy groups -OCH3 is 1. The van der Waals surface area contributed by atoms with Crippen molar-refractivity contribution in [1.29, 1.82) is 0 Å². The summed E-state index contributed by atoms with van der Waals surface area (Å²) in [6.07, 6.45) is 6.34. The highest BCUT2D eigenvalue weighted by Gasteiger charge is 2.27. The third kappa shape index (κ3) is 5.69. The Balaban J connectivity index is 1.59. The summed E-state index contributed by atoms with van der Waals surface area (Å²) >= 11 is 0. The maximum Gasteiger partial charge on any atom is 0.319 e. The number of rotatable bonds is 8. The van der Waals surface area contributed by atoms with E-state index in [9.17, 15) is 4.79 Å². The minimum Gasteiger partial charge on any atom is -0.475 e. The van der Waals surface area contributed by atoms with Crippen LogP contribution in [0.15, 0.2) is 48.7 Å². The van der Waals surface area contributed by atoms with Crippen LogP contribution in [-0.2, 0) is 4.74 Å². The quantitative estimate of drug-likeness (QED) is 0.685. The molecule has 0 spiro atoms. The molecule has 6 heteroatoms. The summed E-state index contributed by atoms with van der Waals surface area (Å²) in [6.45, 7) is 0.947. The Morgan fingerprint density at radius 2 is 1.93 bits per heavy atom. The van der Waals surface area contributed by atoms with E-state index in [0.717, 1.165) is 18.4 Å². The lowest BCUT2D eigenvalue weighted by molar-refractivity contribution is 0.144. The number of anilines is 1. The van der Waals surface area contributed by atoms with Gasteiger partial charge in [-0.25, -0.2) is 9.78 Å². The van der Waals surface area contributed by atoms with Gasteiger partial charge in [-0.2, -0.15) is 0 Å². The van der Waals surface area contributed by atoms with Crippen LogP contribution in [0.25, 0.3) is 0 Å². The maximum absolute atomic E-state index is 12.6. The number of hydrogen-bond acceptors (Lipinski definition) is 4. The van der Waals surface area contributed by atoms with Crippen molar-refractivity contribution >= 4 is 11.7 Å². The van der Waals surface area contributed by atoms with Gasteiger partial charge in [-0.1, -0.05) is 43.2 Å². The molecule has 2 N–H and O–H groups in total. The smallest absolute Gasteiger partial charge is 0.319 e. The fourth-order valence-electron chi connectivity index (χ4n) is 3.50. The minimum absolute atomic E-state index is 0.0262. The van der Waals surface area contributed by atoms with Gasteiger partial charge in [0.15, 0.2) is 0 Å². The van der Waals surface area contributed by atoms with E-state index in [1.165, 1.54) is 12.8 Å². The Morgan fingerprint density at radius 3 is 2.59 bits per heavy atom. The largest absolute Gasteiger partial charge is 0.475 e. The molecule has 0 bridgehead atoms. The normalized spacial score (nSPS) is 15.3. The molecular formula is C21H27N3O3. The number of carbonyl (C=O) groups excluding carboxylic acids is 1. The van der Waals surface area contributed by atoms with Gasteiger partial charge in [0.25, 0.3) is 0 Å². The van der Waals surface area contributed by atoms with Crippen molar-refractivity contribution in [2.75, 3.05) is 25.6 Å². The zero-order valence-corrected chi connectivity index (χ0v) is 15.7. The molecule has 0 radical (unpaired) electrons. The first-order valence-corrected chi connectivity index (χ1v) is 9.46. The molecule has 0 saturated heterocycles. The van der Waals surface area contributed by atoms with Crippen molar-refractivity contribution in [3.8, 4) is 5.88 Å². The van der Waals surface area contributed by atoms with Crippen LogP contribution in [0, 0.1) is 5.92 Å². The Labute approximate surface area is 160 Å². The molecule has 1 fully saturated rings. The van der Waals surface area contributed by atoms with Gasteiger partial charge in [0.05, 0.1) is 24.5 Å². The van der Waals surface area contributed by atoms with Gasteiger partial charge in [-0.15, -0.1) is 0 Å². The van der Waals surface area contributed by atoms with Crippen molar-refractivity contribution in [2.24, 2.45) is 5.92 Å². The first kappa shape index (κ1) is 19.2. The minimum atomic E-state index is -0.217. The molecule has 1 aliphatic carbocycles. The number of aromatic nitrogens is 1. The number of benzene rings is 1. The number of amides is 2. The third-order valence-electron chi connectivity index (χ3n) is 4.85. The molecule has 0 aliphatic heterocycles. The van der Waals surface area contributed by atoms with Crippen molar-refractivity contribution in [2.45, 2.75) is 31.7 Å². The summed E-state index contributed by atoms with van der Waals surface area (Å²) in [5.41, 5.74) is 1.78. The van der Waals surface area contributed by atoms with E-state index >= 15 is 0 Å². The fourth-order valence-corrected chi connectivity index (χ4v) is 3.50. The SMILES string of the molecule is COCCOc1ccc(NC(=O)N[C@@H](c2ccccc2)C2CCCC2)cn1. The van der Waals surface area contributed by atoms with E-state index in [4.69, 9.17) is 9.47 Å². The second-order valence-electron chi connectivity index (χ2n) is 6.76. The lowest BCUT2D eigenvalue weighted by atomic mass is 9.92. The zero-order valence-electron chi connectivity index (χ0n) is 15.7. The molecule has 3 rings (SSSR count). The fraction of sp³-hybridized carbons (Fsp3) is 0.429. The predicted octanol–water partition coefficient (Wildman–Crippen LogP) is 4.16. The van der Waals surface area contributed by atoms with E-state index in [-0.39, 0.29) is 12.1 Å². The predicted molar refractivity (Wildman–Crippen MR) is 105 cm³/mol. The average molecular weight is 369 g/mol. The van der Waals surface area contributed by atoms with E-state index < -0.39 is 0 Å². The Hall–Kier alpha value is -2.60. The molecule has 0 unspecified atom stereocenters. The lowest BCUT2D eigenvalue weighted by Gasteiger charge is -2.25. The molecule has 144 valence electrons. The molecule has 1 aromatic heterocycles. The topological polar surface area (TPSA) is 72.5 Å². The van der Waals surface area contributed by atoms with Gasteiger partial charge >= 0.3 is 6.03 Å². The average Bonchev–Trinajstić information content (AvgIpc) is 3.23. The van der Waals surface area contributed by atoms with Crippen LogP contribution < -0.4 is 15.4 Å². The van der Waals surface area contributed by atoms with Crippen molar-refractivity contribution < 1.29 is 14.3 Å². The van der Waals surface area contributed by atoms with E-state index in [1.807, 2.05) is 18.2 Å². The summed E-state index contributed by atoms with van der Waals surface area (Å²) in [4.78, 5) is 16.7. The summed E-state index contributed by atoms with van der Waals surface area (Å²) in [7, 11) is 1.62. The van der Waals surface area contributed by atoms with Crippen molar-refractivity contribution in [3.05, 3.63) is 54.2 Å². The molecule has 1 heterocycles. The Kier molecular flexibility index (Phi) is 7.04. The van der Waals surface area contributed by atoms with Crippen LogP contribution in [0.3, 0.4) is 0 Å². The van der Waals surface area contributed by atoms with Gasteiger partial charge in [0, 0.05) is 13.2 Å². The molecular weight excluding hydrogens is 342 g/mol. The summed E-state index contributed by atoms with van der Waals surface area (Å²) in [5, 5.41) is 6.02. The lowest BCUT2D eigenvalue weighted by Crippen LogP contribution is -2.35. The summed E-state index contributed by atoms with van der Waals surface area (Å²) in [6, 6.07) is 13.5. The molecule has 1 aliphatic rings. The van der Waals surface area contributed by atoms with E-state index in [1.54, 1.807) is 25.4 Å². The molecule has 1 atom stereocenters. The van der Waals surface area contributed by atoms with Gasteiger partial charge in [-0.3, -0.25) is 0 Å². The Morgan fingerprint density at radius 1 is 1.15 bits per heavy atom. The van der Waals surface area contributed by atoms with Crippen LogP contribution in [0.1, 0.15) is 37.3 Å². The van der Waals surface area contributed by atoms with Crippen LogP contribution in [0.5, 0.6) is 5.88 Å². The van der Waals surface area contributed by atoms with Crippen molar-refractivity contribution in [3.63, 3.8) is 0 Å². The highest BCUT2D eigenvalue weighted by Crippen LogP contribution is 2.35. The summed E-state index contributed by atoms with van der Waals surface area (Å²) in [5.74, 6) is 0.985. The van der Waals surface area contributed by atoms with Crippen LogP contribution in [0.2, 0.25) is 0 Å². The first-order chi connectivity index (χ1) is 13.3. The number of nitrogens with one attached hydrogen (secondary N) is 2. The van der Waals surface area contributed by atoms with E-state index in [0.29, 0.717) is 30.7 Å². The van der Waals surface area contributed by atoms with Crippen LogP contribution in [0.4, 0.5) is 10.5 Å². The molecule has 2 amide bonds. The van der Waals surface area contributed by atoms with Crippen LogP contribution >= 0.6 is 0 Å². The first-order valence-electron chi connectivity index (χ1n) is 9.46. The second-order valence-corrected chi connectivity index (χ2v) is 6.76. The number of ether oxygens (including phenoxy) is 2. The van der Waals surface area contributed by atoms with Crippen LogP contribution in [-0.4, -0.2) is 31.3 Å². The second kappa shape index (κ2) is 9.92. The highest BCUT2D eigenvalue weighted by atomic mass is 16.5. The third-order valence-corrected chi connectivity index (χ3v) is 4.85. The molecule has 1 aromatic carbocycles. The Bertz CT molecular complexity index is 700. The molecule has 27 heavy (non-hydrogen) atoms. The number of hydrogen-bond donors (Lipinski definition) is 2. The summed E-state index contributed by atoms with van der Waals surface area (Å²) < 4.78 is 10.4. The molecule has 2 aromatic rings. The number of carbonyl (C=O) groups is 1. The molecule has 6 nitrogen and oxygen atoms in total. The van der Waals surface area contributed by atoms with Gasteiger partial charge in [0.2, 0.25) is 5.88 Å². The van der Waals surface area contributed by atoms with Gasteiger partial charge < -0.3 is 20.1 Å². The number of nitrogens with zero attached hydrogens (tertiary/aromatic N) is 1. The monoisotopic (exact) mass is 369 g/mol. The number of urea groups is 1. The zero-order chi connectivity index (χ0) is 18.9. The molecule has 1 saturated carbocycles. The van der Waals surface area contributed by atoms with Gasteiger partial charge in [-0.05, 0) is 30.4 Å².